The largest absolute Gasteiger partial charge is 0.369 e. The van der Waals surface area contributed by atoms with Gasteiger partial charge in [-0.3, -0.25) is 5.41 Å². The molecular weight excluding hydrogens is 308 g/mol. The van der Waals surface area contributed by atoms with Gasteiger partial charge in [0.05, 0.1) is 5.71 Å². The van der Waals surface area contributed by atoms with Gasteiger partial charge in [0.25, 0.3) is 0 Å². The maximum absolute atomic E-state index is 7.37. The van der Waals surface area contributed by atoms with Crippen LogP contribution in [-0.2, 0) is 0 Å². The second-order valence-corrected chi connectivity index (χ2v) is 5.32. The van der Waals surface area contributed by atoms with E-state index < -0.39 is 0 Å². The minimum absolute atomic E-state index is 0. The summed E-state index contributed by atoms with van der Waals surface area (Å²) < 4.78 is 0. The molecule has 0 aliphatic carbocycles. The lowest BCUT2D eigenvalue weighted by Gasteiger charge is -2.12. The lowest BCUT2D eigenvalue weighted by molar-refractivity contribution is 0.533. The molecule has 3 aromatic carbocycles. The monoisotopic (exact) mass is 326 g/mol. The Morgan fingerprint density at radius 2 is 1.65 bits per heavy atom. The Kier molecular flexibility index (Phi) is 4.86. The van der Waals surface area contributed by atoms with Crippen LogP contribution in [0.25, 0.3) is 21.5 Å². The van der Waals surface area contributed by atoms with Gasteiger partial charge in [0.1, 0.15) is 0 Å². The molecule has 0 spiro atoms. The van der Waals surface area contributed by atoms with Crippen LogP contribution in [0.15, 0.2) is 59.7 Å². The van der Waals surface area contributed by atoms with E-state index in [1.165, 1.54) is 26.6 Å². The van der Waals surface area contributed by atoms with Crippen LogP contribution in [0.3, 0.4) is 0 Å². The van der Waals surface area contributed by atoms with Gasteiger partial charge in [-0.15, -0.1) is 12.4 Å². The maximum atomic E-state index is 7.37. The van der Waals surface area contributed by atoms with Gasteiger partial charge in [-0.25, -0.2) is 5.01 Å². The molecule has 3 aromatic rings. The number of nitrogens with two attached hydrogens (primary N) is 1. The van der Waals surface area contributed by atoms with Crippen molar-refractivity contribution >= 4 is 45.6 Å². The maximum Gasteiger partial charge on any atom is 0.208 e. The van der Waals surface area contributed by atoms with Gasteiger partial charge in [0.15, 0.2) is 0 Å². The molecule has 4 nitrogen and oxygen atoms in total. The van der Waals surface area contributed by atoms with E-state index in [9.17, 15) is 0 Å². The average Bonchev–Trinajstić information content (AvgIpc) is 2.54. The predicted molar refractivity (Wildman–Crippen MR) is 101 cm³/mol. The molecule has 0 fully saturated rings. The number of fused-ring (bicyclic) bond motifs is 3. The Bertz CT molecular complexity index is 902. The van der Waals surface area contributed by atoms with E-state index in [4.69, 9.17) is 11.1 Å². The molecule has 0 saturated heterocycles. The van der Waals surface area contributed by atoms with Crippen LogP contribution < -0.4 is 5.73 Å². The molecule has 118 valence electrons. The van der Waals surface area contributed by atoms with E-state index in [1.807, 2.05) is 6.92 Å². The number of rotatable bonds is 2. The summed E-state index contributed by atoms with van der Waals surface area (Å²) in [5.41, 5.74) is 7.27. The van der Waals surface area contributed by atoms with Crippen LogP contribution >= 0.6 is 12.4 Å². The van der Waals surface area contributed by atoms with Gasteiger partial charge < -0.3 is 5.73 Å². The first kappa shape index (κ1) is 16.8. The van der Waals surface area contributed by atoms with E-state index in [2.05, 4.69) is 59.7 Å². The number of nitrogens with one attached hydrogen (secondary N) is 1. The topological polar surface area (TPSA) is 65.5 Å². The molecule has 0 bridgehead atoms. The van der Waals surface area contributed by atoms with Crippen molar-refractivity contribution in [1.29, 1.82) is 5.41 Å². The fourth-order valence-electron chi connectivity index (χ4n) is 2.57. The zero-order chi connectivity index (χ0) is 15.7. The molecule has 0 amide bonds. The molecular formula is C18H19ClN4. The van der Waals surface area contributed by atoms with Gasteiger partial charge >= 0.3 is 0 Å². The molecule has 0 unspecified atom stereocenters. The summed E-state index contributed by atoms with van der Waals surface area (Å²) in [7, 11) is 1.67. The van der Waals surface area contributed by atoms with E-state index in [-0.39, 0.29) is 18.4 Å². The highest BCUT2D eigenvalue weighted by molar-refractivity contribution is 6.10. The van der Waals surface area contributed by atoms with Gasteiger partial charge in [-0.05, 0) is 40.1 Å². The smallest absolute Gasteiger partial charge is 0.208 e. The summed E-state index contributed by atoms with van der Waals surface area (Å²) in [6.45, 7) is 1.92. The summed E-state index contributed by atoms with van der Waals surface area (Å²) in [4.78, 5) is 0. The van der Waals surface area contributed by atoms with E-state index in [0.29, 0.717) is 0 Å². The molecule has 5 heteroatoms. The zero-order valence-electron chi connectivity index (χ0n) is 13.1. The van der Waals surface area contributed by atoms with Crippen molar-refractivity contribution in [2.75, 3.05) is 7.05 Å². The molecule has 0 aromatic heterocycles. The van der Waals surface area contributed by atoms with Crippen molar-refractivity contribution in [2.45, 2.75) is 6.92 Å². The second kappa shape index (κ2) is 6.67. The standard InChI is InChI=1S/C18H18N4.ClH/c1-12(21-22(2)18(19)20)14-9-10-17-15(11-14)8-7-13-5-3-4-6-16(13)17;/h3-11H,1-2H3,(H3,19,20);1H/b21-12-;. The highest BCUT2D eigenvalue weighted by Crippen LogP contribution is 2.26. The van der Waals surface area contributed by atoms with Crippen LogP contribution in [0, 0.1) is 5.41 Å². The molecule has 3 rings (SSSR count). The molecule has 0 radical (unpaired) electrons. The molecule has 0 saturated carbocycles. The molecule has 3 N–H and O–H groups in total. The number of hydrazone groups is 1. The number of halogens is 1. The van der Waals surface area contributed by atoms with Crippen LogP contribution in [0.2, 0.25) is 0 Å². The summed E-state index contributed by atoms with van der Waals surface area (Å²) in [6, 6.07) is 18.9. The van der Waals surface area contributed by atoms with E-state index in [0.717, 1.165) is 11.3 Å². The average molecular weight is 327 g/mol. The van der Waals surface area contributed by atoms with Gasteiger partial charge in [0, 0.05) is 7.05 Å². The normalized spacial score (nSPS) is 11.3. The van der Waals surface area contributed by atoms with Crippen LogP contribution in [0.5, 0.6) is 0 Å². The highest BCUT2D eigenvalue weighted by Gasteiger charge is 2.05. The summed E-state index contributed by atoms with van der Waals surface area (Å²) in [5, 5.41) is 18.0. The van der Waals surface area contributed by atoms with Gasteiger partial charge in [-0.2, -0.15) is 5.10 Å². The first-order valence-electron chi connectivity index (χ1n) is 7.11. The molecule has 0 atom stereocenters. The quantitative estimate of drug-likeness (QED) is 0.324. The lowest BCUT2D eigenvalue weighted by Crippen LogP contribution is -2.29. The second-order valence-electron chi connectivity index (χ2n) is 5.32. The van der Waals surface area contributed by atoms with E-state index in [1.54, 1.807) is 7.05 Å². The fourth-order valence-corrected chi connectivity index (χ4v) is 2.57. The third kappa shape index (κ3) is 3.27. The lowest BCUT2D eigenvalue weighted by atomic mass is 9.99. The number of hydrogen-bond donors (Lipinski definition) is 2. The molecule has 0 heterocycles. The Labute approximate surface area is 141 Å². The predicted octanol–water partition coefficient (Wildman–Crippen LogP) is 3.96. The summed E-state index contributed by atoms with van der Waals surface area (Å²) in [6.07, 6.45) is 0. The number of nitrogens with zero attached hydrogens (tertiary/aromatic N) is 2. The van der Waals surface area contributed by atoms with Gasteiger partial charge in [0.2, 0.25) is 5.96 Å². The SMILES string of the molecule is C/C(=N/N(C)C(=N)N)c1ccc2c(ccc3ccccc32)c1.Cl. The summed E-state index contributed by atoms with van der Waals surface area (Å²) >= 11 is 0. The summed E-state index contributed by atoms with van der Waals surface area (Å²) in [5.74, 6) is -0.0777. The molecule has 23 heavy (non-hydrogen) atoms. The third-order valence-corrected chi connectivity index (χ3v) is 3.81. The van der Waals surface area contributed by atoms with E-state index >= 15 is 0 Å². The van der Waals surface area contributed by atoms with Crippen molar-refractivity contribution in [3.8, 4) is 0 Å². The Morgan fingerprint density at radius 3 is 2.39 bits per heavy atom. The third-order valence-electron chi connectivity index (χ3n) is 3.81. The molecule has 0 aliphatic rings. The van der Waals surface area contributed by atoms with Crippen molar-refractivity contribution < 1.29 is 0 Å². The number of hydrogen-bond acceptors (Lipinski definition) is 2. The highest BCUT2D eigenvalue weighted by atomic mass is 35.5. The first-order valence-corrected chi connectivity index (χ1v) is 7.11. The van der Waals surface area contributed by atoms with Crippen molar-refractivity contribution in [1.82, 2.24) is 5.01 Å². The molecule has 0 aliphatic heterocycles. The first-order chi connectivity index (χ1) is 10.6. The minimum atomic E-state index is -0.0777. The number of benzene rings is 3. The Hall–Kier alpha value is -2.59. The van der Waals surface area contributed by atoms with Crippen molar-refractivity contribution in [2.24, 2.45) is 10.8 Å². The minimum Gasteiger partial charge on any atom is -0.369 e. The Morgan fingerprint density at radius 1 is 1.00 bits per heavy atom. The Balaban J connectivity index is 0.00000192. The zero-order valence-corrected chi connectivity index (χ0v) is 13.9. The number of guanidine groups is 1. The fraction of sp³-hybridized carbons (Fsp3) is 0.111. The van der Waals surface area contributed by atoms with Crippen molar-refractivity contribution in [3.05, 3.63) is 60.2 Å². The van der Waals surface area contributed by atoms with Crippen LogP contribution in [0.1, 0.15) is 12.5 Å². The van der Waals surface area contributed by atoms with Crippen molar-refractivity contribution in [3.63, 3.8) is 0 Å². The van der Waals surface area contributed by atoms with Gasteiger partial charge in [-0.1, -0.05) is 48.5 Å². The van der Waals surface area contributed by atoms with Crippen LogP contribution in [0.4, 0.5) is 0 Å². The van der Waals surface area contributed by atoms with Crippen LogP contribution in [-0.4, -0.2) is 23.7 Å².